The molecule has 0 fully saturated rings. The van der Waals surface area contributed by atoms with Crippen molar-refractivity contribution in [1.29, 1.82) is 0 Å². The van der Waals surface area contributed by atoms with Crippen molar-refractivity contribution in [2.24, 2.45) is 0 Å². The van der Waals surface area contributed by atoms with Crippen LogP contribution in [0.15, 0.2) is 35.2 Å². The molecule has 0 saturated carbocycles. The SMILES string of the molecule is CCNc1nccc(C(=O)Nc2ccncc2Br)c1F. The van der Waals surface area contributed by atoms with E-state index >= 15 is 0 Å². The molecule has 20 heavy (non-hydrogen) atoms. The lowest BCUT2D eigenvalue weighted by atomic mass is 10.2. The number of amides is 1. The normalized spacial score (nSPS) is 10.2. The first-order chi connectivity index (χ1) is 9.63. The number of halogens is 2. The van der Waals surface area contributed by atoms with Gasteiger partial charge in [0.05, 0.1) is 15.7 Å². The van der Waals surface area contributed by atoms with Gasteiger partial charge in [0.15, 0.2) is 11.6 Å². The summed E-state index contributed by atoms with van der Waals surface area (Å²) in [5.74, 6) is -1.15. The van der Waals surface area contributed by atoms with Crippen LogP contribution in [-0.4, -0.2) is 22.4 Å². The van der Waals surface area contributed by atoms with Gasteiger partial charge in [-0.2, -0.15) is 0 Å². The van der Waals surface area contributed by atoms with E-state index in [0.717, 1.165) is 0 Å². The fourth-order valence-corrected chi connectivity index (χ4v) is 1.93. The van der Waals surface area contributed by atoms with Gasteiger partial charge in [0.25, 0.3) is 5.91 Å². The Morgan fingerprint density at radius 1 is 1.40 bits per heavy atom. The highest BCUT2D eigenvalue weighted by molar-refractivity contribution is 9.10. The van der Waals surface area contributed by atoms with E-state index in [2.05, 4.69) is 36.5 Å². The summed E-state index contributed by atoms with van der Waals surface area (Å²) in [5, 5.41) is 5.38. The number of hydrogen-bond donors (Lipinski definition) is 2. The molecule has 0 bridgehead atoms. The second kappa shape index (κ2) is 6.42. The van der Waals surface area contributed by atoms with Crippen LogP contribution in [0.3, 0.4) is 0 Å². The van der Waals surface area contributed by atoms with Gasteiger partial charge in [-0.1, -0.05) is 0 Å². The smallest absolute Gasteiger partial charge is 0.258 e. The third kappa shape index (κ3) is 3.11. The first-order valence-electron chi connectivity index (χ1n) is 5.92. The Hall–Kier alpha value is -2.02. The first-order valence-corrected chi connectivity index (χ1v) is 6.72. The summed E-state index contributed by atoms with van der Waals surface area (Å²) in [6.07, 6.45) is 4.47. The van der Waals surface area contributed by atoms with Crippen molar-refractivity contribution < 1.29 is 9.18 Å². The van der Waals surface area contributed by atoms with Gasteiger partial charge in [-0.05, 0) is 35.0 Å². The van der Waals surface area contributed by atoms with Crippen molar-refractivity contribution in [3.05, 3.63) is 46.6 Å². The highest BCUT2D eigenvalue weighted by Crippen LogP contribution is 2.22. The number of aromatic nitrogens is 2. The van der Waals surface area contributed by atoms with Crippen LogP contribution in [-0.2, 0) is 0 Å². The molecular formula is C13H12BrFN4O. The molecule has 0 radical (unpaired) electrons. The largest absolute Gasteiger partial charge is 0.368 e. The van der Waals surface area contributed by atoms with Gasteiger partial charge < -0.3 is 10.6 Å². The first kappa shape index (κ1) is 14.4. The summed E-state index contributed by atoms with van der Waals surface area (Å²) in [7, 11) is 0. The minimum Gasteiger partial charge on any atom is -0.368 e. The van der Waals surface area contributed by atoms with Gasteiger partial charge >= 0.3 is 0 Å². The van der Waals surface area contributed by atoms with Crippen molar-refractivity contribution in [2.75, 3.05) is 17.2 Å². The van der Waals surface area contributed by atoms with Gasteiger partial charge in [-0.25, -0.2) is 9.37 Å². The summed E-state index contributed by atoms with van der Waals surface area (Å²) in [5.41, 5.74) is 0.450. The zero-order valence-corrected chi connectivity index (χ0v) is 12.2. The molecule has 104 valence electrons. The molecule has 2 N–H and O–H groups in total. The molecule has 2 heterocycles. The Kier molecular flexibility index (Phi) is 4.62. The van der Waals surface area contributed by atoms with Gasteiger partial charge in [-0.3, -0.25) is 9.78 Å². The number of anilines is 2. The lowest BCUT2D eigenvalue weighted by Gasteiger charge is -2.09. The Morgan fingerprint density at radius 2 is 2.20 bits per heavy atom. The highest BCUT2D eigenvalue weighted by atomic mass is 79.9. The second-order valence-corrected chi connectivity index (χ2v) is 4.72. The average Bonchev–Trinajstić information content (AvgIpc) is 2.44. The molecule has 2 aromatic rings. The summed E-state index contributed by atoms with van der Waals surface area (Å²) in [6, 6.07) is 2.95. The van der Waals surface area contributed by atoms with Crippen molar-refractivity contribution in [2.45, 2.75) is 6.92 Å². The van der Waals surface area contributed by atoms with E-state index in [-0.39, 0.29) is 11.4 Å². The number of nitrogens with zero attached hydrogens (tertiary/aromatic N) is 2. The summed E-state index contributed by atoms with van der Waals surface area (Å²) in [4.78, 5) is 19.8. The molecule has 0 aliphatic carbocycles. The summed E-state index contributed by atoms with van der Waals surface area (Å²) < 4.78 is 14.7. The van der Waals surface area contributed by atoms with Crippen LogP contribution >= 0.6 is 15.9 Å². The maximum Gasteiger partial charge on any atom is 0.258 e. The Bertz CT molecular complexity index is 636. The molecule has 0 aliphatic heterocycles. The topological polar surface area (TPSA) is 66.9 Å². The van der Waals surface area contributed by atoms with Crippen LogP contribution in [0.25, 0.3) is 0 Å². The molecule has 1 amide bonds. The van der Waals surface area contributed by atoms with Crippen LogP contribution in [0.1, 0.15) is 17.3 Å². The van der Waals surface area contributed by atoms with Crippen molar-refractivity contribution in [3.8, 4) is 0 Å². The van der Waals surface area contributed by atoms with Gasteiger partial charge in [0.1, 0.15) is 0 Å². The van der Waals surface area contributed by atoms with E-state index in [1.807, 2.05) is 6.92 Å². The average molecular weight is 339 g/mol. The van der Waals surface area contributed by atoms with Crippen LogP contribution in [0.2, 0.25) is 0 Å². The fraction of sp³-hybridized carbons (Fsp3) is 0.154. The van der Waals surface area contributed by atoms with Gasteiger partial charge in [-0.15, -0.1) is 0 Å². The Labute approximate surface area is 123 Å². The summed E-state index contributed by atoms with van der Waals surface area (Å²) in [6.45, 7) is 2.34. The molecule has 0 atom stereocenters. The molecule has 0 spiro atoms. The van der Waals surface area contributed by atoms with Crippen LogP contribution in [0.4, 0.5) is 15.9 Å². The van der Waals surface area contributed by atoms with Crippen molar-refractivity contribution in [1.82, 2.24) is 9.97 Å². The minimum absolute atomic E-state index is 0.0638. The molecule has 0 aromatic carbocycles. The Morgan fingerprint density at radius 3 is 2.90 bits per heavy atom. The van der Waals surface area contributed by atoms with Crippen LogP contribution in [0.5, 0.6) is 0 Å². The maximum absolute atomic E-state index is 14.1. The van der Waals surface area contributed by atoms with E-state index in [9.17, 15) is 9.18 Å². The quantitative estimate of drug-likeness (QED) is 0.898. The van der Waals surface area contributed by atoms with Crippen molar-refractivity contribution in [3.63, 3.8) is 0 Å². The molecule has 7 heteroatoms. The minimum atomic E-state index is -0.669. The van der Waals surface area contributed by atoms with E-state index in [1.165, 1.54) is 18.5 Å². The number of pyridine rings is 2. The molecule has 0 unspecified atom stereocenters. The number of carbonyl (C=O) groups excluding carboxylic acids is 1. The van der Waals surface area contributed by atoms with Crippen LogP contribution in [0, 0.1) is 5.82 Å². The Balaban J connectivity index is 2.26. The molecular weight excluding hydrogens is 327 g/mol. The van der Waals surface area contributed by atoms with Crippen LogP contribution < -0.4 is 10.6 Å². The number of nitrogens with one attached hydrogen (secondary N) is 2. The van der Waals surface area contributed by atoms with E-state index < -0.39 is 11.7 Å². The zero-order chi connectivity index (χ0) is 14.5. The standard InChI is InChI=1S/C13H12BrFN4O/c1-2-17-12-11(15)8(3-6-18-12)13(20)19-10-4-5-16-7-9(10)14/h3-7H,2H2,1H3,(H,17,18)(H,16,19,20). The highest BCUT2D eigenvalue weighted by Gasteiger charge is 2.16. The fourth-order valence-electron chi connectivity index (χ4n) is 1.58. The summed E-state index contributed by atoms with van der Waals surface area (Å²) >= 11 is 3.26. The number of rotatable bonds is 4. The second-order valence-electron chi connectivity index (χ2n) is 3.86. The van der Waals surface area contributed by atoms with E-state index in [4.69, 9.17) is 0 Å². The predicted octanol–water partition coefficient (Wildman–Crippen LogP) is 3.06. The molecule has 0 aliphatic rings. The zero-order valence-electron chi connectivity index (χ0n) is 10.7. The monoisotopic (exact) mass is 338 g/mol. The third-order valence-electron chi connectivity index (χ3n) is 2.50. The molecule has 5 nitrogen and oxygen atoms in total. The maximum atomic E-state index is 14.1. The lowest BCUT2D eigenvalue weighted by molar-refractivity contribution is 0.102. The van der Waals surface area contributed by atoms with E-state index in [0.29, 0.717) is 16.7 Å². The van der Waals surface area contributed by atoms with Gasteiger partial charge in [0.2, 0.25) is 0 Å². The molecule has 2 rings (SSSR count). The van der Waals surface area contributed by atoms with Gasteiger partial charge in [0, 0.05) is 25.1 Å². The van der Waals surface area contributed by atoms with Crippen molar-refractivity contribution >= 4 is 33.3 Å². The number of hydrogen-bond acceptors (Lipinski definition) is 4. The molecule has 2 aromatic heterocycles. The predicted molar refractivity (Wildman–Crippen MR) is 78.2 cm³/mol. The third-order valence-corrected chi connectivity index (χ3v) is 3.13. The molecule has 0 saturated heterocycles. The number of carbonyl (C=O) groups is 1. The lowest BCUT2D eigenvalue weighted by Crippen LogP contribution is -2.16. The van der Waals surface area contributed by atoms with E-state index in [1.54, 1.807) is 12.3 Å².